The van der Waals surface area contributed by atoms with Gasteiger partial charge in [-0.05, 0) is 20.8 Å². The summed E-state index contributed by atoms with van der Waals surface area (Å²) in [6.45, 7) is 4.79. The van der Waals surface area contributed by atoms with Gasteiger partial charge in [0.15, 0.2) is 12.1 Å². The SMILES string of the molecule is C[C@@H]1O[C@@H]2OC(C)(C)O[C@@H]2[C@@]1(O)CO. The Balaban J connectivity index is 2.22. The lowest BCUT2D eigenvalue weighted by Crippen LogP contribution is -2.51. The summed E-state index contributed by atoms with van der Waals surface area (Å²) in [7, 11) is 0. The predicted molar refractivity (Wildman–Crippen MR) is 46.4 cm³/mol. The summed E-state index contributed by atoms with van der Waals surface area (Å²) < 4.78 is 16.3. The molecule has 5 nitrogen and oxygen atoms in total. The van der Waals surface area contributed by atoms with Gasteiger partial charge in [-0.25, -0.2) is 0 Å². The summed E-state index contributed by atoms with van der Waals surface area (Å²) in [5, 5.41) is 19.2. The highest BCUT2D eigenvalue weighted by Gasteiger charge is 2.61. The van der Waals surface area contributed by atoms with Crippen molar-refractivity contribution >= 4 is 0 Å². The Labute approximate surface area is 82.6 Å². The molecule has 0 aliphatic carbocycles. The maximum absolute atomic E-state index is 10.1. The van der Waals surface area contributed by atoms with E-state index >= 15 is 0 Å². The van der Waals surface area contributed by atoms with E-state index in [-0.39, 0.29) is 0 Å². The lowest BCUT2D eigenvalue weighted by Gasteiger charge is -2.29. The van der Waals surface area contributed by atoms with Gasteiger partial charge in [-0.15, -0.1) is 0 Å². The zero-order valence-electron chi connectivity index (χ0n) is 8.56. The topological polar surface area (TPSA) is 68.2 Å². The van der Waals surface area contributed by atoms with Gasteiger partial charge in [-0.1, -0.05) is 0 Å². The van der Waals surface area contributed by atoms with Crippen LogP contribution in [0.15, 0.2) is 0 Å². The quantitative estimate of drug-likeness (QED) is 0.608. The third kappa shape index (κ3) is 1.28. The third-order valence-corrected chi connectivity index (χ3v) is 2.85. The van der Waals surface area contributed by atoms with Crippen LogP contribution >= 0.6 is 0 Å². The van der Waals surface area contributed by atoms with E-state index in [1.165, 1.54) is 0 Å². The molecule has 0 spiro atoms. The monoisotopic (exact) mass is 204 g/mol. The Kier molecular flexibility index (Phi) is 2.14. The number of hydrogen-bond acceptors (Lipinski definition) is 5. The van der Waals surface area contributed by atoms with E-state index in [0.717, 1.165) is 0 Å². The number of ether oxygens (including phenoxy) is 3. The van der Waals surface area contributed by atoms with Crippen LogP contribution in [0, 0.1) is 0 Å². The summed E-state index contributed by atoms with van der Waals surface area (Å²) in [4.78, 5) is 0. The van der Waals surface area contributed by atoms with E-state index in [9.17, 15) is 5.11 Å². The average molecular weight is 204 g/mol. The van der Waals surface area contributed by atoms with E-state index in [2.05, 4.69) is 0 Å². The fourth-order valence-electron chi connectivity index (χ4n) is 1.94. The van der Waals surface area contributed by atoms with Gasteiger partial charge in [0.1, 0.15) is 11.7 Å². The van der Waals surface area contributed by atoms with Crippen LogP contribution in [0.4, 0.5) is 0 Å². The van der Waals surface area contributed by atoms with E-state index < -0.39 is 36.5 Å². The van der Waals surface area contributed by atoms with Gasteiger partial charge < -0.3 is 24.4 Å². The van der Waals surface area contributed by atoms with Crippen molar-refractivity contribution in [1.82, 2.24) is 0 Å². The molecule has 4 atom stereocenters. The standard InChI is InChI=1S/C9H16O5/c1-5-9(11,4-10)6-7(12-5)14-8(2,3)13-6/h5-7,10-11H,4H2,1-3H3/t5-,6-,7+,9+/m0/s1. The zero-order chi connectivity index (χ0) is 10.6. The number of aliphatic hydroxyl groups is 2. The maximum atomic E-state index is 10.1. The van der Waals surface area contributed by atoms with Gasteiger partial charge in [0.05, 0.1) is 12.7 Å². The summed E-state index contributed by atoms with van der Waals surface area (Å²) in [5.41, 5.74) is -1.36. The maximum Gasteiger partial charge on any atom is 0.190 e. The van der Waals surface area contributed by atoms with Crippen LogP contribution in [0.2, 0.25) is 0 Å². The fourth-order valence-corrected chi connectivity index (χ4v) is 1.94. The molecular formula is C9H16O5. The number of hydrogen-bond donors (Lipinski definition) is 2. The van der Waals surface area contributed by atoms with Crippen molar-refractivity contribution < 1.29 is 24.4 Å². The lowest BCUT2D eigenvalue weighted by molar-refractivity contribution is -0.230. The molecule has 2 fully saturated rings. The summed E-state index contributed by atoms with van der Waals surface area (Å²) in [5.74, 6) is -0.765. The Morgan fingerprint density at radius 2 is 1.93 bits per heavy atom. The summed E-state index contributed by atoms with van der Waals surface area (Å²) in [6, 6.07) is 0. The Bertz CT molecular complexity index is 241. The van der Waals surface area contributed by atoms with Crippen LogP contribution in [0.5, 0.6) is 0 Å². The van der Waals surface area contributed by atoms with Crippen LogP contribution in [-0.4, -0.2) is 46.7 Å². The molecule has 2 N–H and O–H groups in total. The molecule has 2 heterocycles. The lowest BCUT2D eigenvalue weighted by atomic mass is 9.95. The molecule has 2 aliphatic rings. The van der Waals surface area contributed by atoms with Crippen LogP contribution in [0.1, 0.15) is 20.8 Å². The van der Waals surface area contributed by atoms with Crippen molar-refractivity contribution in [2.45, 2.75) is 50.7 Å². The summed E-state index contributed by atoms with van der Waals surface area (Å²) >= 11 is 0. The van der Waals surface area contributed by atoms with Crippen molar-refractivity contribution in [2.75, 3.05) is 6.61 Å². The molecule has 2 rings (SSSR count). The molecule has 82 valence electrons. The fraction of sp³-hybridized carbons (Fsp3) is 1.00. The second kappa shape index (κ2) is 2.90. The molecule has 0 aromatic heterocycles. The van der Waals surface area contributed by atoms with Crippen LogP contribution in [0.3, 0.4) is 0 Å². The Morgan fingerprint density at radius 1 is 1.29 bits per heavy atom. The first-order chi connectivity index (χ1) is 6.39. The van der Waals surface area contributed by atoms with E-state index in [0.29, 0.717) is 0 Å². The number of fused-ring (bicyclic) bond motifs is 1. The normalized spacial score (nSPS) is 50.8. The highest BCUT2D eigenvalue weighted by Crippen LogP contribution is 2.42. The minimum absolute atomic E-state index is 0.394. The molecule has 0 bridgehead atoms. The molecule has 0 aromatic rings. The van der Waals surface area contributed by atoms with Gasteiger partial charge in [0, 0.05) is 0 Å². The predicted octanol–water partition coefficient (Wildman–Crippen LogP) is -0.394. The highest BCUT2D eigenvalue weighted by molar-refractivity contribution is 5.03. The van der Waals surface area contributed by atoms with E-state index in [1.54, 1.807) is 20.8 Å². The molecule has 5 heteroatoms. The first-order valence-corrected chi connectivity index (χ1v) is 4.73. The molecule has 0 aromatic carbocycles. The van der Waals surface area contributed by atoms with Crippen molar-refractivity contribution in [2.24, 2.45) is 0 Å². The Hall–Kier alpha value is -0.200. The number of rotatable bonds is 1. The minimum atomic E-state index is -1.36. The number of aliphatic hydroxyl groups excluding tert-OH is 1. The molecule has 2 saturated heterocycles. The molecule has 0 saturated carbocycles. The van der Waals surface area contributed by atoms with Crippen molar-refractivity contribution in [3.8, 4) is 0 Å². The second-order valence-corrected chi connectivity index (χ2v) is 4.35. The highest BCUT2D eigenvalue weighted by atomic mass is 16.8. The Morgan fingerprint density at radius 3 is 2.50 bits per heavy atom. The van der Waals surface area contributed by atoms with E-state index in [1.807, 2.05) is 0 Å². The molecule has 2 aliphatic heterocycles. The van der Waals surface area contributed by atoms with Gasteiger partial charge in [0.2, 0.25) is 0 Å². The third-order valence-electron chi connectivity index (χ3n) is 2.85. The first-order valence-electron chi connectivity index (χ1n) is 4.73. The molecule has 0 radical (unpaired) electrons. The van der Waals surface area contributed by atoms with Crippen LogP contribution < -0.4 is 0 Å². The smallest absolute Gasteiger partial charge is 0.190 e. The van der Waals surface area contributed by atoms with Gasteiger partial charge >= 0.3 is 0 Å². The first kappa shape index (κ1) is 10.3. The minimum Gasteiger partial charge on any atom is -0.393 e. The van der Waals surface area contributed by atoms with Crippen molar-refractivity contribution in [1.29, 1.82) is 0 Å². The zero-order valence-corrected chi connectivity index (χ0v) is 8.56. The summed E-state index contributed by atoms with van der Waals surface area (Å²) in [6.07, 6.45) is -1.69. The van der Waals surface area contributed by atoms with Gasteiger partial charge in [-0.3, -0.25) is 0 Å². The van der Waals surface area contributed by atoms with Gasteiger partial charge in [-0.2, -0.15) is 0 Å². The van der Waals surface area contributed by atoms with E-state index in [4.69, 9.17) is 19.3 Å². The van der Waals surface area contributed by atoms with Crippen LogP contribution in [-0.2, 0) is 14.2 Å². The van der Waals surface area contributed by atoms with Crippen LogP contribution in [0.25, 0.3) is 0 Å². The van der Waals surface area contributed by atoms with Gasteiger partial charge in [0.25, 0.3) is 0 Å². The molecule has 0 unspecified atom stereocenters. The largest absolute Gasteiger partial charge is 0.393 e. The molecular weight excluding hydrogens is 188 g/mol. The van der Waals surface area contributed by atoms with Crippen molar-refractivity contribution in [3.63, 3.8) is 0 Å². The second-order valence-electron chi connectivity index (χ2n) is 4.35. The average Bonchev–Trinajstić information content (AvgIpc) is 2.48. The van der Waals surface area contributed by atoms with Crippen molar-refractivity contribution in [3.05, 3.63) is 0 Å². The molecule has 0 amide bonds. The molecule has 14 heavy (non-hydrogen) atoms.